The summed E-state index contributed by atoms with van der Waals surface area (Å²) in [4.78, 5) is 11.9. The normalized spacial score (nSPS) is 11.3. The molecule has 0 amide bonds. The fourth-order valence-electron chi connectivity index (χ4n) is 1.66. The Morgan fingerprint density at radius 2 is 1.71 bits per heavy atom. The third kappa shape index (κ3) is 3.96. The molecule has 6 nitrogen and oxygen atoms in total. The van der Waals surface area contributed by atoms with E-state index >= 15 is 0 Å². The number of anilines is 1. The number of nitro benzene ring substituents is 1. The topological polar surface area (TPSA) is 103 Å². The van der Waals surface area contributed by atoms with Gasteiger partial charge in [0.2, 0.25) is 0 Å². The predicted octanol–water partition coefficient (Wildman–Crippen LogP) is 2.73. The Morgan fingerprint density at radius 3 is 2.24 bits per heavy atom. The van der Waals surface area contributed by atoms with Crippen LogP contribution in [0.2, 0.25) is 0 Å². The minimum Gasteiger partial charge on any atom is -0.398 e. The van der Waals surface area contributed by atoms with Gasteiger partial charge in [-0.15, -0.1) is 0 Å². The van der Waals surface area contributed by atoms with Crippen molar-refractivity contribution in [2.45, 2.75) is 14.7 Å². The highest BCUT2D eigenvalue weighted by Gasteiger charge is 2.10. The highest BCUT2D eigenvalue weighted by atomic mass is 32.2. The van der Waals surface area contributed by atoms with Crippen LogP contribution in [0, 0.1) is 10.1 Å². The van der Waals surface area contributed by atoms with Crippen molar-refractivity contribution in [3.05, 3.63) is 52.6 Å². The zero-order valence-electron chi connectivity index (χ0n) is 11.0. The van der Waals surface area contributed by atoms with Crippen molar-refractivity contribution >= 4 is 33.0 Å². The molecule has 21 heavy (non-hydrogen) atoms. The molecule has 0 bridgehead atoms. The van der Waals surface area contributed by atoms with E-state index in [-0.39, 0.29) is 10.6 Å². The summed E-state index contributed by atoms with van der Waals surface area (Å²) in [6, 6.07) is 10.6. The van der Waals surface area contributed by atoms with E-state index in [1.54, 1.807) is 18.2 Å². The first-order valence-electron chi connectivity index (χ1n) is 5.78. The van der Waals surface area contributed by atoms with Crippen molar-refractivity contribution < 1.29 is 13.3 Å². The van der Waals surface area contributed by atoms with Gasteiger partial charge in [-0.25, -0.2) is 8.42 Å². The molecule has 0 saturated carbocycles. The van der Waals surface area contributed by atoms with Gasteiger partial charge in [-0.3, -0.25) is 10.1 Å². The lowest BCUT2D eigenvalue weighted by atomic mass is 10.3. The third-order valence-electron chi connectivity index (χ3n) is 2.61. The van der Waals surface area contributed by atoms with E-state index in [9.17, 15) is 18.5 Å². The Hall–Kier alpha value is -2.06. The summed E-state index contributed by atoms with van der Waals surface area (Å²) < 4.78 is 22.7. The number of nitrogens with zero attached hydrogens (tertiary/aromatic N) is 1. The molecule has 0 unspecified atom stereocenters. The molecule has 0 aliphatic heterocycles. The summed E-state index contributed by atoms with van der Waals surface area (Å²) in [5, 5.41) is 10.8. The molecule has 0 aliphatic carbocycles. The molecule has 2 rings (SSSR count). The Balaban J connectivity index is 2.28. The fourth-order valence-corrected chi connectivity index (χ4v) is 3.21. The molecule has 0 spiro atoms. The zero-order chi connectivity index (χ0) is 15.6. The predicted molar refractivity (Wildman–Crippen MR) is 81.2 cm³/mol. The van der Waals surface area contributed by atoms with Gasteiger partial charge >= 0.3 is 0 Å². The number of hydrogen-bond donors (Lipinski definition) is 1. The van der Waals surface area contributed by atoms with E-state index in [1.807, 2.05) is 0 Å². The van der Waals surface area contributed by atoms with E-state index in [0.29, 0.717) is 10.6 Å². The minimum absolute atomic E-state index is 0.0785. The molecular formula is C13H12N2O4S2. The average Bonchev–Trinajstić information content (AvgIpc) is 2.37. The fraction of sp³-hybridized carbons (Fsp3) is 0.0769. The van der Waals surface area contributed by atoms with Crippen LogP contribution in [0.1, 0.15) is 0 Å². The summed E-state index contributed by atoms with van der Waals surface area (Å²) in [6.07, 6.45) is 1.14. The standard InChI is InChI=1S/C13H12N2O4S2/c1-21(18,19)13-4-2-11(3-5-13)20-12-7-9(14)6-10(8-12)15(16)17/h2-8H,14H2,1H3. The molecule has 2 aromatic rings. The second-order valence-electron chi connectivity index (χ2n) is 4.36. The number of non-ortho nitro benzene ring substituents is 1. The van der Waals surface area contributed by atoms with Gasteiger partial charge in [0.1, 0.15) is 0 Å². The molecule has 0 aromatic heterocycles. The lowest BCUT2D eigenvalue weighted by Crippen LogP contribution is -1.96. The summed E-state index contributed by atoms with van der Waals surface area (Å²) in [5.41, 5.74) is 5.86. The minimum atomic E-state index is -3.24. The Kier molecular flexibility index (Phi) is 4.19. The SMILES string of the molecule is CS(=O)(=O)c1ccc(Sc2cc(N)cc([N+](=O)[O-])c2)cc1. The number of hydrogen-bond acceptors (Lipinski definition) is 6. The second kappa shape index (κ2) is 5.74. The van der Waals surface area contributed by atoms with Crippen molar-refractivity contribution in [1.29, 1.82) is 0 Å². The molecule has 8 heteroatoms. The van der Waals surface area contributed by atoms with Crippen molar-refractivity contribution in [1.82, 2.24) is 0 Å². The number of nitrogen functional groups attached to an aromatic ring is 1. The maximum absolute atomic E-state index is 11.4. The smallest absolute Gasteiger partial charge is 0.272 e. The molecule has 0 saturated heterocycles. The molecule has 0 fully saturated rings. The molecule has 0 heterocycles. The first-order valence-corrected chi connectivity index (χ1v) is 8.49. The summed E-state index contributed by atoms with van der Waals surface area (Å²) in [7, 11) is -3.24. The highest BCUT2D eigenvalue weighted by molar-refractivity contribution is 7.99. The van der Waals surface area contributed by atoms with Crippen molar-refractivity contribution in [3.8, 4) is 0 Å². The maximum atomic E-state index is 11.4. The lowest BCUT2D eigenvalue weighted by molar-refractivity contribution is -0.385. The molecule has 2 aromatic carbocycles. The molecule has 2 N–H and O–H groups in total. The van der Waals surface area contributed by atoms with E-state index in [1.165, 1.54) is 36.0 Å². The number of benzene rings is 2. The van der Waals surface area contributed by atoms with Crippen molar-refractivity contribution in [3.63, 3.8) is 0 Å². The van der Waals surface area contributed by atoms with Crippen LogP contribution in [0.25, 0.3) is 0 Å². The molecule has 110 valence electrons. The average molecular weight is 324 g/mol. The van der Waals surface area contributed by atoms with Crippen LogP contribution >= 0.6 is 11.8 Å². The Labute approximate surface area is 126 Å². The second-order valence-corrected chi connectivity index (χ2v) is 7.53. The van der Waals surface area contributed by atoms with Crippen molar-refractivity contribution in [2.24, 2.45) is 0 Å². The van der Waals surface area contributed by atoms with Crippen LogP contribution in [-0.2, 0) is 9.84 Å². The summed E-state index contributed by atoms with van der Waals surface area (Å²) >= 11 is 1.27. The van der Waals surface area contributed by atoms with Crippen molar-refractivity contribution in [2.75, 3.05) is 12.0 Å². The molecule has 0 radical (unpaired) electrons. The van der Waals surface area contributed by atoms with Gasteiger partial charge in [0.15, 0.2) is 9.84 Å². The van der Waals surface area contributed by atoms with Crippen LogP contribution in [-0.4, -0.2) is 19.6 Å². The van der Waals surface area contributed by atoms with E-state index in [2.05, 4.69) is 0 Å². The van der Waals surface area contributed by atoms with E-state index in [4.69, 9.17) is 5.73 Å². The van der Waals surface area contributed by atoms with Gasteiger partial charge in [0, 0.05) is 33.9 Å². The van der Waals surface area contributed by atoms with Gasteiger partial charge in [-0.1, -0.05) is 11.8 Å². The Bertz CT molecular complexity index is 786. The number of nitrogens with two attached hydrogens (primary N) is 1. The highest BCUT2D eigenvalue weighted by Crippen LogP contribution is 2.32. The van der Waals surface area contributed by atoms with Crippen LogP contribution in [0.3, 0.4) is 0 Å². The maximum Gasteiger partial charge on any atom is 0.272 e. The number of rotatable bonds is 4. The van der Waals surface area contributed by atoms with Crippen LogP contribution in [0.15, 0.2) is 57.2 Å². The largest absolute Gasteiger partial charge is 0.398 e. The Morgan fingerprint density at radius 1 is 1.10 bits per heavy atom. The van der Waals surface area contributed by atoms with Gasteiger partial charge in [0.05, 0.1) is 9.82 Å². The first-order chi connectivity index (χ1) is 9.75. The number of nitro groups is 1. The lowest BCUT2D eigenvalue weighted by Gasteiger charge is -2.04. The van der Waals surface area contributed by atoms with Gasteiger partial charge in [0.25, 0.3) is 5.69 Å². The molecule has 0 atom stereocenters. The number of sulfone groups is 1. The zero-order valence-corrected chi connectivity index (χ0v) is 12.6. The monoisotopic (exact) mass is 324 g/mol. The molecular weight excluding hydrogens is 312 g/mol. The quantitative estimate of drug-likeness (QED) is 0.527. The summed E-state index contributed by atoms with van der Waals surface area (Å²) in [5.74, 6) is 0. The molecule has 0 aliphatic rings. The third-order valence-corrected chi connectivity index (χ3v) is 4.72. The summed E-state index contributed by atoms with van der Waals surface area (Å²) in [6.45, 7) is 0. The first kappa shape index (κ1) is 15.3. The van der Waals surface area contributed by atoms with E-state index < -0.39 is 14.8 Å². The van der Waals surface area contributed by atoms with Crippen LogP contribution < -0.4 is 5.73 Å². The van der Waals surface area contributed by atoms with Gasteiger partial charge in [-0.2, -0.15) is 0 Å². The van der Waals surface area contributed by atoms with Gasteiger partial charge < -0.3 is 5.73 Å². The van der Waals surface area contributed by atoms with Crippen LogP contribution in [0.4, 0.5) is 11.4 Å². The van der Waals surface area contributed by atoms with Gasteiger partial charge in [-0.05, 0) is 30.3 Å². The van der Waals surface area contributed by atoms with Crippen LogP contribution in [0.5, 0.6) is 0 Å². The van der Waals surface area contributed by atoms with E-state index in [0.717, 1.165) is 11.2 Å².